The highest BCUT2D eigenvalue weighted by atomic mass is 16.5. The summed E-state index contributed by atoms with van der Waals surface area (Å²) in [5.41, 5.74) is 1.77. The zero-order chi connectivity index (χ0) is 12.3. The summed E-state index contributed by atoms with van der Waals surface area (Å²) in [6.07, 6.45) is 0. The fraction of sp³-hybridized carbons (Fsp3) is 0.636. The highest BCUT2D eigenvalue weighted by Crippen LogP contribution is 2.11. The summed E-state index contributed by atoms with van der Waals surface area (Å²) >= 11 is 0. The van der Waals surface area contributed by atoms with E-state index < -0.39 is 0 Å². The minimum absolute atomic E-state index is 0.0618. The number of urea groups is 1. The third-order valence-corrected chi connectivity index (χ3v) is 2.90. The molecule has 2 heterocycles. The van der Waals surface area contributed by atoms with Gasteiger partial charge in [0.05, 0.1) is 18.9 Å². The van der Waals surface area contributed by atoms with Crippen LogP contribution in [0.25, 0.3) is 0 Å². The van der Waals surface area contributed by atoms with Crippen LogP contribution < -0.4 is 5.32 Å². The molecule has 0 aromatic carbocycles. The van der Waals surface area contributed by atoms with Crippen molar-refractivity contribution in [2.75, 3.05) is 26.3 Å². The van der Waals surface area contributed by atoms with Gasteiger partial charge >= 0.3 is 6.03 Å². The molecule has 1 fully saturated rings. The number of hydrogen-bond donors (Lipinski definition) is 1. The Morgan fingerprint density at radius 2 is 2.12 bits per heavy atom. The highest BCUT2D eigenvalue weighted by Gasteiger charge is 2.17. The van der Waals surface area contributed by atoms with E-state index in [9.17, 15) is 4.79 Å². The zero-order valence-electron chi connectivity index (χ0n) is 10.2. The zero-order valence-corrected chi connectivity index (χ0v) is 10.2. The first-order valence-electron chi connectivity index (χ1n) is 5.70. The molecule has 0 atom stereocenters. The molecule has 0 radical (unpaired) electrons. The lowest BCUT2D eigenvalue weighted by Crippen LogP contribution is -2.45. The molecule has 94 valence electrons. The first kappa shape index (κ1) is 11.9. The van der Waals surface area contributed by atoms with Crippen molar-refractivity contribution in [3.63, 3.8) is 0 Å². The van der Waals surface area contributed by atoms with Crippen LogP contribution in [0.1, 0.15) is 17.0 Å². The second kappa shape index (κ2) is 5.18. The lowest BCUT2D eigenvalue weighted by molar-refractivity contribution is 0.0531. The average Bonchev–Trinajstić information content (AvgIpc) is 2.67. The van der Waals surface area contributed by atoms with Gasteiger partial charge in [-0.05, 0) is 13.8 Å². The molecule has 1 N–H and O–H groups in total. The highest BCUT2D eigenvalue weighted by molar-refractivity contribution is 5.74. The minimum atomic E-state index is -0.0618. The Kier molecular flexibility index (Phi) is 3.63. The fourth-order valence-electron chi connectivity index (χ4n) is 1.80. The first-order chi connectivity index (χ1) is 8.18. The number of carbonyl (C=O) groups excluding carboxylic acids is 1. The second-order valence-corrected chi connectivity index (χ2v) is 4.06. The number of rotatable bonds is 2. The van der Waals surface area contributed by atoms with Crippen molar-refractivity contribution in [2.45, 2.75) is 20.4 Å². The third kappa shape index (κ3) is 2.76. The maximum atomic E-state index is 11.8. The second-order valence-electron chi connectivity index (χ2n) is 4.06. The lowest BCUT2D eigenvalue weighted by Gasteiger charge is -2.26. The van der Waals surface area contributed by atoms with Crippen molar-refractivity contribution in [1.82, 2.24) is 15.4 Å². The molecule has 2 rings (SSSR count). The predicted octanol–water partition coefficient (Wildman–Crippen LogP) is 0.833. The van der Waals surface area contributed by atoms with Crippen LogP contribution in [0.15, 0.2) is 4.52 Å². The van der Waals surface area contributed by atoms with E-state index in [1.165, 1.54) is 0 Å². The van der Waals surface area contributed by atoms with E-state index >= 15 is 0 Å². The Balaban J connectivity index is 1.87. The molecule has 0 spiro atoms. The van der Waals surface area contributed by atoms with Gasteiger partial charge in [0.1, 0.15) is 5.76 Å². The Hall–Kier alpha value is -1.56. The van der Waals surface area contributed by atoms with Crippen molar-refractivity contribution >= 4 is 6.03 Å². The number of aromatic nitrogens is 1. The summed E-state index contributed by atoms with van der Waals surface area (Å²) in [7, 11) is 0. The molecule has 1 aromatic heterocycles. The van der Waals surface area contributed by atoms with Crippen LogP contribution in [0.2, 0.25) is 0 Å². The number of amides is 2. The molecule has 1 aliphatic heterocycles. The van der Waals surface area contributed by atoms with Crippen molar-refractivity contribution in [1.29, 1.82) is 0 Å². The Morgan fingerprint density at radius 3 is 2.71 bits per heavy atom. The quantitative estimate of drug-likeness (QED) is 0.830. The van der Waals surface area contributed by atoms with Crippen molar-refractivity contribution in [2.24, 2.45) is 0 Å². The predicted molar refractivity (Wildman–Crippen MR) is 60.6 cm³/mol. The number of nitrogens with one attached hydrogen (secondary N) is 1. The Morgan fingerprint density at radius 1 is 1.41 bits per heavy atom. The number of ether oxygens (including phenoxy) is 1. The summed E-state index contributed by atoms with van der Waals surface area (Å²) < 4.78 is 10.2. The van der Waals surface area contributed by atoms with Crippen LogP contribution >= 0.6 is 0 Å². The summed E-state index contributed by atoms with van der Waals surface area (Å²) in [5.74, 6) is 0.754. The summed E-state index contributed by atoms with van der Waals surface area (Å²) in [5, 5.41) is 6.71. The molecular formula is C11H17N3O3. The van der Waals surface area contributed by atoms with Gasteiger partial charge in [0, 0.05) is 25.2 Å². The number of carbonyl (C=O) groups is 1. The van der Waals surface area contributed by atoms with Gasteiger partial charge in [-0.1, -0.05) is 5.16 Å². The normalized spacial score (nSPS) is 16.0. The van der Waals surface area contributed by atoms with Gasteiger partial charge in [-0.2, -0.15) is 0 Å². The van der Waals surface area contributed by atoms with Crippen LogP contribution in [-0.2, 0) is 11.3 Å². The van der Waals surface area contributed by atoms with E-state index in [1.54, 1.807) is 4.90 Å². The van der Waals surface area contributed by atoms with Gasteiger partial charge in [0.15, 0.2) is 0 Å². The van der Waals surface area contributed by atoms with Gasteiger partial charge in [0.2, 0.25) is 0 Å². The van der Waals surface area contributed by atoms with Gasteiger partial charge in [-0.3, -0.25) is 0 Å². The lowest BCUT2D eigenvalue weighted by atomic mass is 10.2. The molecule has 17 heavy (non-hydrogen) atoms. The SMILES string of the molecule is Cc1noc(C)c1CNC(=O)N1CCOCC1. The molecule has 0 unspecified atom stereocenters. The number of morpholine rings is 1. The molecule has 0 aliphatic carbocycles. The van der Waals surface area contributed by atoms with Crippen LogP contribution in [-0.4, -0.2) is 42.4 Å². The van der Waals surface area contributed by atoms with Gasteiger partial charge in [-0.15, -0.1) is 0 Å². The van der Waals surface area contributed by atoms with E-state index in [-0.39, 0.29) is 6.03 Å². The number of hydrogen-bond acceptors (Lipinski definition) is 4. The molecule has 1 aromatic rings. The Bertz CT molecular complexity index is 377. The van der Waals surface area contributed by atoms with Gasteiger partial charge in [-0.25, -0.2) is 4.79 Å². The molecule has 0 saturated carbocycles. The van der Waals surface area contributed by atoms with Gasteiger partial charge in [0.25, 0.3) is 0 Å². The van der Waals surface area contributed by atoms with Crippen LogP contribution in [0.3, 0.4) is 0 Å². The summed E-state index contributed by atoms with van der Waals surface area (Å²) in [6.45, 7) is 6.68. The van der Waals surface area contributed by atoms with Crippen molar-refractivity contribution in [3.05, 3.63) is 17.0 Å². The monoisotopic (exact) mass is 239 g/mol. The average molecular weight is 239 g/mol. The van der Waals surface area contributed by atoms with E-state index in [0.29, 0.717) is 32.8 Å². The molecule has 0 bridgehead atoms. The van der Waals surface area contributed by atoms with Crippen molar-refractivity contribution in [3.8, 4) is 0 Å². The smallest absolute Gasteiger partial charge is 0.317 e. The topological polar surface area (TPSA) is 67.6 Å². The molecule has 1 aliphatic rings. The number of aryl methyl sites for hydroxylation is 2. The fourth-order valence-corrected chi connectivity index (χ4v) is 1.80. The molecule has 6 nitrogen and oxygen atoms in total. The first-order valence-corrected chi connectivity index (χ1v) is 5.70. The third-order valence-electron chi connectivity index (χ3n) is 2.90. The van der Waals surface area contributed by atoms with Crippen molar-refractivity contribution < 1.29 is 14.1 Å². The van der Waals surface area contributed by atoms with E-state index in [1.807, 2.05) is 13.8 Å². The van der Waals surface area contributed by atoms with E-state index in [0.717, 1.165) is 17.0 Å². The molecule has 6 heteroatoms. The maximum absolute atomic E-state index is 11.8. The van der Waals surface area contributed by atoms with Gasteiger partial charge < -0.3 is 19.5 Å². The van der Waals surface area contributed by atoms with Crippen LogP contribution in [0, 0.1) is 13.8 Å². The number of nitrogens with zero attached hydrogens (tertiary/aromatic N) is 2. The van der Waals surface area contributed by atoms with E-state index in [4.69, 9.17) is 9.26 Å². The summed E-state index contributed by atoms with van der Waals surface area (Å²) in [6, 6.07) is -0.0618. The Labute approximate surface area is 99.9 Å². The van der Waals surface area contributed by atoms with Crippen LogP contribution in [0.4, 0.5) is 4.79 Å². The minimum Gasteiger partial charge on any atom is -0.378 e. The van der Waals surface area contributed by atoms with Crippen LogP contribution in [0.5, 0.6) is 0 Å². The largest absolute Gasteiger partial charge is 0.378 e. The molecule has 1 saturated heterocycles. The van der Waals surface area contributed by atoms with E-state index in [2.05, 4.69) is 10.5 Å². The standard InChI is InChI=1S/C11H17N3O3/c1-8-10(9(2)17-13-8)7-12-11(15)14-3-5-16-6-4-14/h3-7H2,1-2H3,(H,12,15). The maximum Gasteiger partial charge on any atom is 0.317 e. The molecule has 2 amide bonds. The molecular weight excluding hydrogens is 222 g/mol. The summed E-state index contributed by atoms with van der Waals surface area (Å²) in [4.78, 5) is 13.6.